The van der Waals surface area contributed by atoms with Crippen LogP contribution in [0.15, 0.2) is 10.5 Å². The van der Waals surface area contributed by atoms with Crippen molar-refractivity contribution in [3.8, 4) is 5.75 Å². The van der Waals surface area contributed by atoms with Crippen molar-refractivity contribution < 1.29 is 13.9 Å². The second-order valence-corrected chi connectivity index (χ2v) is 4.77. The summed E-state index contributed by atoms with van der Waals surface area (Å²) >= 11 is 2.90. The zero-order valence-corrected chi connectivity index (χ0v) is 10.2. The van der Waals surface area contributed by atoms with Crippen LogP contribution in [0.3, 0.4) is 0 Å². The maximum absolute atomic E-state index is 13.7. The Morgan fingerprint density at radius 2 is 2.25 bits per heavy atom. The number of halogens is 3. The van der Waals surface area contributed by atoms with Crippen LogP contribution in [0.25, 0.3) is 0 Å². The summed E-state index contributed by atoms with van der Waals surface area (Å²) in [5, 5.41) is 12.4. The minimum atomic E-state index is -0.703. The molecule has 1 unspecified atom stereocenters. The predicted octanol–water partition coefficient (Wildman–Crippen LogP) is 2.73. The fourth-order valence-corrected chi connectivity index (χ4v) is 2.34. The number of aromatic hydroxyl groups is 1. The first-order valence-corrected chi connectivity index (χ1v) is 5.97. The number of rotatable bonds is 2. The van der Waals surface area contributed by atoms with E-state index in [2.05, 4.69) is 21.2 Å². The van der Waals surface area contributed by atoms with Gasteiger partial charge in [0, 0.05) is 17.7 Å². The summed E-state index contributed by atoms with van der Waals surface area (Å²) in [7, 11) is 0. The van der Waals surface area contributed by atoms with Gasteiger partial charge in [-0.15, -0.1) is 0 Å². The van der Waals surface area contributed by atoms with Gasteiger partial charge in [0.1, 0.15) is 17.4 Å². The third kappa shape index (κ3) is 2.20. The largest absolute Gasteiger partial charge is 0.507 e. The summed E-state index contributed by atoms with van der Waals surface area (Å²) < 4.78 is 27.1. The summed E-state index contributed by atoms with van der Waals surface area (Å²) in [4.78, 5) is 0. The molecule has 1 aromatic carbocycles. The van der Waals surface area contributed by atoms with Crippen LogP contribution in [-0.4, -0.2) is 17.7 Å². The van der Waals surface area contributed by atoms with Gasteiger partial charge in [0.25, 0.3) is 0 Å². The Kier molecular flexibility index (Phi) is 3.44. The van der Waals surface area contributed by atoms with Crippen molar-refractivity contribution in [1.82, 2.24) is 5.32 Å². The molecule has 1 aliphatic rings. The molecule has 0 spiro atoms. The van der Waals surface area contributed by atoms with Gasteiger partial charge in [-0.2, -0.15) is 0 Å². The molecule has 0 radical (unpaired) electrons. The molecule has 2 rings (SSSR count). The van der Waals surface area contributed by atoms with Gasteiger partial charge in [0.2, 0.25) is 0 Å². The molecular formula is C11H12BrF2NO. The molecule has 0 aromatic heterocycles. The molecule has 2 nitrogen and oxygen atoms in total. The molecule has 5 heteroatoms. The molecule has 1 fully saturated rings. The number of hydrogen-bond acceptors (Lipinski definition) is 2. The average Bonchev–Trinajstić information content (AvgIpc) is 2.74. The van der Waals surface area contributed by atoms with E-state index < -0.39 is 17.4 Å². The molecule has 0 bridgehead atoms. The molecule has 1 aromatic rings. The van der Waals surface area contributed by atoms with Crippen molar-refractivity contribution in [3.63, 3.8) is 0 Å². The lowest BCUT2D eigenvalue weighted by Crippen LogP contribution is -2.24. The Hall–Kier alpha value is -0.680. The van der Waals surface area contributed by atoms with E-state index in [1.807, 2.05) is 0 Å². The van der Waals surface area contributed by atoms with Crippen LogP contribution in [0.2, 0.25) is 0 Å². The lowest BCUT2D eigenvalue weighted by Gasteiger charge is -2.13. The molecule has 0 amide bonds. The fraction of sp³-hybridized carbons (Fsp3) is 0.455. The van der Waals surface area contributed by atoms with Crippen molar-refractivity contribution >= 4 is 15.9 Å². The van der Waals surface area contributed by atoms with Crippen LogP contribution in [0.4, 0.5) is 8.78 Å². The molecule has 0 aliphatic carbocycles. The summed E-state index contributed by atoms with van der Waals surface area (Å²) in [6, 6.07) is 1.07. The van der Waals surface area contributed by atoms with Crippen LogP contribution in [-0.2, 0) is 6.42 Å². The third-order valence-corrected chi connectivity index (χ3v) is 3.60. The zero-order chi connectivity index (χ0) is 11.7. The quantitative estimate of drug-likeness (QED) is 0.821. The molecule has 1 atom stereocenters. The van der Waals surface area contributed by atoms with Crippen LogP contribution in [0.1, 0.15) is 18.4 Å². The Morgan fingerprint density at radius 1 is 1.50 bits per heavy atom. The number of nitrogens with one attached hydrogen (secondary N) is 1. The van der Waals surface area contributed by atoms with Gasteiger partial charge in [0.05, 0.1) is 4.47 Å². The van der Waals surface area contributed by atoms with Crippen molar-refractivity contribution in [2.45, 2.75) is 25.3 Å². The van der Waals surface area contributed by atoms with Gasteiger partial charge < -0.3 is 10.4 Å². The van der Waals surface area contributed by atoms with Gasteiger partial charge in [-0.05, 0) is 41.7 Å². The third-order valence-electron chi connectivity index (χ3n) is 2.85. The maximum Gasteiger partial charge on any atom is 0.147 e. The minimum absolute atomic E-state index is 0.0316. The normalized spacial score (nSPS) is 20.3. The molecule has 16 heavy (non-hydrogen) atoms. The summed E-state index contributed by atoms with van der Waals surface area (Å²) in [6.45, 7) is 0.896. The number of hydrogen-bond donors (Lipinski definition) is 2. The molecule has 2 N–H and O–H groups in total. The van der Waals surface area contributed by atoms with Gasteiger partial charge in [-0.3, -0.25) is 0 Å². The smallest absolute Gasteiger partial charge is 0.147 e. The van der Waals surface area contributed by atoms with E-state index >= 15 is 0 Å². The van der Waals surface area contributed by atoms with Crippen LogP contribution in [0, 0.1) is 11.6 Å². The van der Waals surface area contributed by atoms with E-state index in [-0.39, 0.29) is 16.1 Å². The second-order valence-electron chi connectivity index (χ2n) is 3.98. The number of phenols is 1. The lowest BCUT2D eigenvalue weighted by atomic mass is 10.0. The van der Waals surface area contributed by atoms with Crippen molar-refractivity contribution in [2.24, 2.45) is 0 Å². The highest BCUT2D eigenvalue weighted by atomic mass is 79.9. The predicted molar refractivity (Wildman–Crippen MR) is 60.5 cm³/mol. The van der Waals surface area contributed by atoms with Gasteiger partial charge in [-0.25, -0.2) is 8.78 Å². The molecule has 1 aliphatic heterocycles. The fourth-order valence-electron chi connectivity index (χ4n) is 1.98. The summed E-state index contributed by atoms with van der Waals surface area (Å²) in [5.41, 5.74) is 0.0316. The standard InChI is InChI=1S/C11H12BrF2NO/c12-10-9(16)5-8(13)7(11(10)14)4-6-2-1-3-15-6/h5-6,15-16H,1-4H2. The molecule has 1 heterocycles. The van der Waals surface area contributed by atoms with E-state index in [1.165, 1.54) is 0 Å². The van der Waals surface area contributed by atoms with Crippen molar-refractivity contribution in [2.75, 3.05) is 6.54 Å². The first kappa shape index (κ1) is 11.8. The van der Waals surface area contributed by atoms with Gasteiger partial charge in [0.15, 0.2) is 0 Å². The van der Waals surface area contributed by atoms with Crippen molar-refractivity contribution in [1.29, 1.82) is 0 Å². The molecule has 1 saturated heterocycles. The first-order valence-electron chi connectivity index (χ1n) is 5.18. The van der Waals surface area contributed by atoms with E-state index in [1.54, 1.807) is 0 Å². The Bertz CT molecular complexity index is 405. The Morgan fingerprint density at radius 3 is 2.88 bits per heavy atom. The minimum Gasteiger partial charge on any atom is -0.507 e. The monoisotopic (exact) mass is 291 g/mol. The Labute approximate surface area is 101 Å². The van der Waals surface area contributed by atoms with Crippen LogP contribution in [0.5, 0.6) is 5.75 Å². The highest BCUT2D eigenvalue weighted by Crippen LogP contribution is 2.32. The molecular weight excluding hydrogens is 280 g/mol. The maximum atomic E-state index is 13.7. The average molecular weight is 292 g/mol. The molecule has 88 valence electrons. The van der Waals surface area contributed by atoms with E-state index in [9.17, 15) is 13.9 Å². The Balaban J connectivity index is 2.28. The summed E-state index contributed by atoms with van der Waals surface area (Å²) in [6.07, 6.45) is 2.28. The van der Waals surface area contributed by atoms with E-state index in [0.29, 0.717) is 6.42 Å². The van der Waals surface area contributed by atoms with Crippen LogP contribution < -0.4 is 5.32 Å². The number of phenolic OH excluding ortho intramolecular Hbond substituents is 1. The van der Waals surface area contributed by atoms with Crippen molar-refractivity contribution in [3.05, 3.63) is 27.7 Å². The zero-order valence-electron chi connectivity index (χ0n) is 8.56. The van der Waals surface area contributed by atoms with E-state index in [0.717, 1.165) is 25.5 Å². The number of benzene rings is 1. The van der Waals surface area contributed by atoms with E-state index in [4.69, 9.17) is 0 Å². The van der Waals surface area contributed by atoms with Gasteiger partial charge in [-0.1, -0.05) is 0 Å². The topological polar surface area (TPSA) is 32.3 Å². The van der Waals surface area contributed by atoms with Gasteiger partial charge >= 0.3 is 0 Å². The highest BCUT2D eigenvalue weighted by Gasteiger charge is 2.22. The first-order chi connectivity index (χ1) is 7.59. The SMILES string of the molecule is Oc1cc(F)c(CC2CCCN2)c(F)c1Br. The summed E-state index contributed by atoms with van der Waals surface area (Å²) in [5.74, 6) is -1.80. The highest BCUT2D eigenvalue weighted by molar-refractivity contribution is 9.10. The lowest BCUT2D eigenvalue weighted by molar-refractivity contribution is 0.447. The second kappa shape index (κ2) is 4.67. The molecule has 0 saturated carbocycles. The van der Waals surface area contributed by atoms with Crippen LogP contribution >= 0.6 is 15.9 Å².